The van der Waals surface area contributed by atoms with Crippen LogP contribution in [0, 0.1) is 0 Å². The van der Waals surface area contributed by atoms with Crippen LogP contribution in [0.25, 0.3) is 0 Å². The van der Waals surface area contributed by atoms with E-state index in [1.165, 1.54) is 0 Å². The van der Waals surface area contributed by atoms with E-state index in [1.54, 1.807) is 10.9 Å². The van der Waals surface area contributed by atoms with Crippen LogP contribution in [-0.4, -0.2) is 40.4 Å². The highest BCUT2D eigenvalue weighted by Gasteiger charge is 2.17. The van der Waals surface area contributed by atoms with Crippen molar-refractivity contribution in [3.8, 4) is 0 Å². The number of aryl methyl sites for hydroxylation is 1. The first-order valence-electron chi connectivity index (χ1n) is 5.60. The van der Waals surface area contributed by atoms with Gasteiger partial charge in [-0.2, -0.15) is 5.10 Å². The summed E-state index contributed by atoms with van der Waals surface area (Å²) in [6, 6.07) is 0. The fourth-order valence-corrected chi connectivity index (χ4v) is 1.88. The number of aromatic nitrogens is 2. The number of rotatable bonds is 6. The summed E-state index contributed by atoms with van der Waals surface area (Å²) in [4.78, 5) is 2.04. The molecular formula is C11H20ClN3O. The summed E-state index contributed by atoms with van der Waals surface area (Å²) in [7, 11) is 3.97. The Bertz CT molecular complexity index is 325. The van der Waals surface area contributed by atoms with Crippen LogP contribution < -0.4 is 0 Å². The summed E-state index contributed by atoms with van der Waals surface area (Å²) in [5.41, 5.74) is 0.741. The molecule has 0 saturated carbocycles. The molecule has 0 aliphatic heterocycles. The van der Waals surface area contributed by atoms with Crippen LogP contribution in [-0.2, 0) is 6.54 Å². The molecule has 1 rings (SSSR count). The Morgan fingerprint density at radius 1 is 1.56 bits per heavy atom. The van der Waals surface area contributed by atoms with Crippen molar-refractivity contribution < 1.29 is 5.11 Å². The number of aliphatic hydroxyl groups excluding tert-OH is 1. The second kappa shape index (κ2) is 6.23. The first-order chi connectivity index (χ1) is 7.56. The number of hydrogen-bond acceptors (Lipinski definition) is 3. The van der Waals surface area contributed by atoms with Gasteiger partial charge >= 0.3 is 0 Å². The molecule has 0 aliphatic rings. The smallest absolute Gasteiger partial charge is 0.0984 e. The third-order valence-electron chi connectivity index (χ3n) is 2.43. The van der Waals surface area contributed by atoms with Gasteiger partial charge in [-0.15, -0.1) is 0 Å². The van der Waals surface area contributed by atoms with Gasteiger partial charge in [0.1, 0.15) is 0 Å². The molecule has 5 heteroatoms. The topological polar surface area (TPSA) is 41.3 Å². The molecule has 0 aliphatic carbocycles. The summed E-state index contributed by atoms with van der Waals surface area (Å²) < 4.78 is 1.79. The minimum Gasteiger partial charge on any atom is -0.387 e. The highest BCUT2D eigenvalue weighted by atomic mass is 35.5. The largest absolute Gasteiger partial charge is 0.387 e. The minimum absolute atomic E-state index is 0.538. The fourth-order valence-electron chi connectivity index (χ4n) is 1.61. The van der Waals surface area contributed by atoms with Crippen LogP contribution >= 0.6 is 11.6 Å². The fraction of sp³-hybridized carbons (Fsp3) is 0.727. The van der Waals surface area contributed by atoms with Crippen LogP contribution in [0.2, 0.25) is 5.02 Å². The zero-order chi connectivity index (χ0) is 12.1. The van der Waals surface area contributed by atoms with Crippen molar-refractivity contribution in [3.63, 3.8) is 0 Å². The van der Waals surface area contributed by atoms with Crippen LogP contribution in [0.5, 0.6) is 0 Å². The van der Waals surface area contributed by atoms with Crippen molar-refractivity contribution in [2.45, 2.75) is 32.4 Å². The molecule has 1 atom stereocenters. The quantitative estimate of drug-likeness (QED) is 0.833. The summed E-state index contributed by atoms with van der Waals surface area (Å²) in [6.07, 6.45) is 2.71. The molecule has 1 unspecified atom stereocenters. The lowest BCUT2D eigenvalue weighted by Gasteiger charge is -2.16. The standard InChI is InChI=1S/C11H20ClN3O/c1-4-6-15-11(9(12)8-13-15)10(16)5-7-14(2)3/h8,10,16H,4-7H2,1-3H3. The average Bonchev–Trinajstić information content (AvgIpc) is 2.57. The van der Waals surface area contributed by atoms with Gasteiger partial charge in [-0.1, -0.05) is 18.5 Å². The molecule has 16 heavy (non-hydrogen) atoms. The third-order valence-corrected chi connectivity index (χ3v) is 2.73. The van der Waals surface area contributed by atoms with E-state index in [9.17, 15) is 5.11 Å². The summed E-state index contributed by atoms with van der Waals surface area (Å²) in [6.45, 7) is 3.70. The molecule has 4 nitrogen and oxygen atoms in total. The van der Waals surface area contributed by atoms with Crippen LogP contribution in [0.3, 0.4) is 0 Å². The Morgan fingerprint density at radius 2 is 2.25 bits per heavy atom. The molecule has 0 spiro atoms. The van der Waals surface area contributed by atoms with Gasteiger partial charge in [-0.25, -0.2) is 0 Å². The van der Waals surface area contributed by atoms with E-state index in [-0.39, 0.29) is 0 Å². The zero-order valence-corrected chi connectivity index (χ0v) is 10.9. The van der Waals surface area contributed by atoms with E-state index in [2.05, 4.69) is 12.0 Å². The van der Waals surface area contributed by atoms with Gasteiger partial charge in [0.05, 0.1) is 23.0 Å². The maximum absolute atomic E-state index is 10.1. The van der Waals surface area contributed by atoms with Crippen molar-refractivity contribution >= 4 is 11.6 Å². The highest BCUT2D eigenvalue weighted by molar-refractivity contribution is 6.31. The van der Waals surface area contributed by atoms with Gasteiger partial charge in [0.2, 0.25) is 0 Å². The van der Waals surface area contributed by atoms with Gasteiger partial charge < -0.3 is 10.0 Å². The monoisotopic (exact) mass is 245 g/mol. The minimum atomic E-state index is -0.538. The van der Waals surface area contributed by atoms with E-state index in [4.69, 9.17) is 11.6 Å². The van der Waals surface area contributed by atoms with Gasteiger partial charge in [-0.3, -0.25) is 4.68 Å². The molecule has 1 aromatic heterocycles. The van der Waals surface area contributed by atoms with Gasteiger partial charge in [0.25, 0.3) is 0 Å². The van der Waals surface area contributed by atoms with Gasteiger partial charge in [0, 0.05) is 13.1 Å². The molecule has 0 saturated heterocycles. The molecular weight excluding hydrogens is 226 g/mol. The molecule has 1 N–H and O–H groups in total. The molecule has 0 aromatic carbocycles. The molecule has 0 amide bonds. The van der Waals surface area contributed by atoms with E-state index in [1.807, 2.05) is 19.0 Å². The zero-order valence-electron chi connectivity index (χ0n) is 10.1. The first kappa shape index (κ1) is 13.5. The number of halogens is 1. The number of hydrogen-bond donors (Lipinski definition) is 1. The first-order valence-corrected chi connectivity index (χ1v) is 5.98. The van der Waals surface area contributed by atoms with Crippen LogP contribution in [0.1, 0.15) is 31.6 Å². The predicted molar refractivity (Wildman–Crippen MR) is 65.7 cm³/mol. The molecule has 1 heterocycles. The summed E-state index contributed by atoms with van der Waals surface area (Å²) in [5.74, 6) is 0. The van der Waals surface area contributed by atoms with Crippen LogP contribution in [0.15, 0.2) is 6.20 Å². The SMILES string of the molecule is CCCn1ncc(Cl)c1C(O)CCN(C)C. The van der Waals surface area contributed by atoms with Crippen molar-refractivity contribution in [2.24, 2.45) is 0 Å². The Morgan fingerprint density at radius 3 is 2.81 bits per heavy atom. The number of nitrogens with zero attached hydrogens (tertiary/aromatic N) is 3. The molecule has 0 radical (unpaired) electrons. The maximum atomic E-state index is 10.1. The number of aliphatic hydroxyl groups is 1. The lowest BCUT2D eigenvalue weighted by molar-refractivity contribution is 0.144. The Kier molecular flexibility index (Phi) is 5.25. The Hall–Kier alpha value is -0.580. The summed E-state index contributed by atoms with van der Waals surface area (Å²) >= 11 is 6.03. The van der Waals surface area contributed by atoms with E-state index >= 15 is 0 Å². The Balaban J connectivity index is 2.72. The second-order valence-corrected chi connectivity index (χ2v) is 4.62. The van der Waals surface area contributed by atoms with E-state index < -0.39 is 6.10 Å². The Labute approximate surface area is 102 Å². The summed E-state index contributed by atoms with van der Waals surface area (Å²) in [5, 5.41) is 14.8. The lowest BCUT2D eigenvalue weighted by atomic mass is 10.2. The van der Waals surface area contributed by atoms with Crippen LogP contribution in [0.4, 0.5) is 0 Å². The van der Waals surface area contributed by atoms with Crippen molar-refractivity contribution in [3.05, 3.63) is 16.9 Å². The van der Waals surface area contributed by atoms with E-state index in [0.717, 1.165) is 25.2 Å². The molecule has 92 valence electrons. The lowest BCUT2D eigenvalue weighted by Crippen LogP contribution is -2.18. The van der Waals surface area contributed by atoms with Crippen molar-refractivity contribution in [1.29, 1.82) is 0 Å². The molecule has 0 bridgehead atoms. The third kappa shape index (κ3) is 3.47. The highest BCUT2D eigenvalue weighted by Crippen LogP contribution is 2.25. The molecule has 0 fully saturated rings. The van der Waals surface area contributed by atoms with Gasteiger partial charge in [-0.05, 0) is 26.9 Å². The van der Waals surface area contributed by atoms with Crippen molar-refractivity contribution in [2.75, 3.05) is 20.6 Å². The molecule has 1 aromatic rings. The second-order valence-electron chi connectivity index (χ2n) is 4.21. The maximum Gasteiger partial charge on any atom is 0.0984 e. The normalized spacial score (nSPS) is 13.4. The van der Waals surface area contributed by atoms with Gasteiger partial charge in [0.15, 0.2) is 0 Å². The predicted octanol–water partition coefficient (Wildman–Crippen LogP) is 1.93. The van der Waals surface area contributed by atoms with E-state index in [0.29, 0.717) is 11.4 Å². The average molecular weight is 246 g/mol. The van der Waals surface area contributed by atoms with Crippen molar-refractivity contribution in [1.82, 2.24) is 14.7 Å².